The summed E-state index contributed by atoms with van der Waals surface area (Å²) in [6.07, 6.45) is 2.99. The molecule has 0 radical (unpaired) electrons. The van der Waals surface area contributed by atoms with E-state index in [9.17, 15) is 0 Å². The third kappa shape index (κ3) is 0.869. The fraction of sp³-hybridized carbons (Fsp3) is 0.400. The van der Waals surface area contributed by atoms with Crippen molar-refractivity contribution >= 4 is 0 Å². The molecule has 1 aromatic rings. The van der Waals surface area contributed by atoms with E-state index in [-0.39, 0.29) is 6.04 Å². The number of hydrogen-bond donors (Lipinski definition) is 1. The first-order chi connectivity index (χ1) is 3.80. The van der Waals surface area contributed by atoms with Crippen molar-refractivity contribution in [2.24, 2.45) is 5.73 Å². The first-order valence-corrected chi connectivity index (χ1v) is 2.44. The SMILES string of the molecule is C[C@H](N)c1cnco1. The van der Waals surface area contributed by atoms with Crippen molar-refractivity contribution in [3.8, 4) is 0 Å². The number of nitrogens with zero attached hydrogens (tertiary/aromatic N) is 1. The van der Waals surface area contributed by atoms with Gasteiger partial charge in [0.25, 0.3) is 0 Å². The Balaban J connectivity index is 2.77. The van der Waals surface area contributed by atoms with Crippen molar-refractivity contribution < 1.29 is 4.42 Å². The second-order valence-electron chi connectivity index (χ2n) is 1.69. The molecule has 0 saturated carbocycles. The number of nitrogens with two attached hydrogens (primary N) is 1. The molecule has 0 fully saturated rings. The fourth-order valence-electron chi connectivity index (χ4n) is 0.451. The second-order valence-corrected chi connectivity index (χ2v) is 1.69. The minimum atomic E-state index is -0.0440. The molecule has 3 heteroatoms. The fourth-order valence-corrected chi connectivity index (χ4v) is 0.451. The van der Waals surface area contributed by atoms with Gasteiger partial charge in [0.05, 0.1) is 12.2 Å². The molecule has 0 amide bonds. The topological polar surface area (TPSA) is 52.0 Å². The van der Waals surface area contributed by atoms with Crippen LogP contribution in [0.3, 0.4) is 0 Å². The lowest BCUT2D eigenvalue weighted by molar-refractivity contribution is 0.475. The largest absolute Gasteiger partial charge is 0.447 e. The third-order valence-electron chi connectivity index (χ3n) is 0.900. The van der Waals surface area contributed by atoms with Crippen molar-refractivity contribution in [1.82, 2.24) is 4.98 Å². The third-order valence-corrected chi connectivity index (χ3v) is 0.900. The number of hydrogen-bond acceptors (Lipinski definition) is 3. The lowest BCUT2D eigenvalue weighted by Gasteiger charge is -1.94. The summed E-state index contributed by atoms with van der Waals surface area (Å²) in [6.45, 7) is 1.85. The molecule has 2 N–H and O–H groups in total. The molecule has 8 heavy (non-hydrogen) atoms. The highest BCUT2D eigenvalue weighted by Crippen LogP contribution is 2.05. The summed E-state index contributed by atoms with van der Waals surface area (Å²) in [6, 6.07) is -0.0440. The van der Waals surface area contributed by atoms with Gasteiger partial charge in [0.2, 0.25) is 0 Å². The Bertz CT molecular complexity index is 145. The molecule has 1 atom stereocenters. The summed E-state index contributed by atoms with van der Waals surface area (Å²) in [7, 11) is 0. The van der Waals surface area contributed by atoms with Gasteiger partial charge in [-0.2, -0.15) is 0 Å². The van der Waals surface area contributed by atoms with Crippen LogP contribution < -0.4 is 5.73 Å². The van der Waals surface area contributed by atoms with E-state index in [4.69, 9.17) is 10.2 Å². The van der Waals surface area contributed by atoms with Crippen molar-refractivity contribution in [2.45, 2.75) is 13.0 Å². The minimum absolute atomic E-state index is 0.0440. The molecule has 44 valence electrons. The van der Waals surface area contributed by atoms with E-state index < -0.39 is 0 Å². The van der Waals surface area contributed by atoms with Crippen LogP contribution in [-0.4, -0.2) is 4.98 Å². The number of aromatic nitrogens is 1. The van der Waals surface area contributed by atoms with Crippen molar-refractivity contribution in [2.75, 3.05) is 0 Å². The zero-order valence-corrected chi connectivity index (χ0v) is 4.66. The Kier molecular flexibility index (Phi) is 1.30. The smallest absolute Gasteiger partial charge is 0.180 e. The Morgan fingerprint density at radius 2 is 2.62 bits per heavy atom. The van der Waals surface area contributed by atoms with Crippen LogP contribution in [0.5, 0.6) is 0 Å². The highest BCUT2D eigenvalue weighted by molar-refractivity contribution is 4.93. The van der Waals surface area contributed by atoms with Gasteiger partial charge in [-0.05, 0) is 6.92 Å². The average molecular weight is 112 g/mol. The van der Waals surface area contributed by atoms with Crippen LogP contribution >= 0.6 is 0 Å². The first kappa shape index (κ1) is 5.31. The minimum Gasteiger partial charge on any atom is -0.447 e. The number of oxazole rings is 1. The Hall–Kier alpha value is -0.830. The molecule has 0 saturated heterocycles. The number of rotatable bonds is 1. The average Bonchev–Trinajstić information content (AvgIpc) is 2.12. The summed E-state index contributed by atoms with van der Waals surface area (Å²) in [4.78, 5) is 3.70. The molecular weight excluding hydrogens is 104 g/mol. The molecule has 0 aliphatic heterocycles. The maximum Gasteiger partial charge on any atom is 0.180 e. The summed E-state index contributed by atoms with van der Waals surface area (Å²) in [5.74, 6) is 0.727. The van der Waals surface area contributed by atoms with Crippen molar-refractivity contribution in [1.29, 1.82) is 0 Å². The molecule has 0 unspecified atom stereocenters. The zero-order chi connectivity index (χ0) is 5.98. The maximum absolute atomic E-state index is 5.42. The molecule has 1 aromatic heterocycles. The highest BCUT2D eigenvalue weighted by atomic mass is 16.3. The van der Waals surface area contributed by atoms with E-state index in [1.54, 1.807) is 6.20 Å². The van der Waals surface area contributed by atoms with E-state index in [0.29, 0.717) is 0 Å². The van der Waals surface area contributed by atoms with E-state index >= 15 is 0 Å². The normalized spacial score (nSPS) is 13.8. The van der Waals surface area contributed by atoms with Crippen LogP contribution in [0.2, 0.25) is 0 Å². The molecular formula is C5H8N2O. The Labute approximate surface area is 47.5 Å². The second kappa shape index (κ2) is 1.96. The summed E-state index contributed by atoms with van der Waals surface area (Å²) in [5, 5.41) is 0. The highest BCUT2D eigenvalue weighted by Gasteiger charge is 1.99. The quantitative estimate of drug-likeness (QED) is 0.581. The molecule has 0 bridgehead atoms. The predicted octanol–water partition coefficient (Wildman–Crippen LogP) is 0.694. The van der Waals surface area contributed by atoms with Crippen LogP contribution in [0, 0.1) is 0 Å². The van der Waals surface area contributed by atoms with Gasteiger partial charge in [-0.1, -0.05) is 0 Å². The summed E-state index contributed by atoms with van der Waals surface area (Å²) in [5.41, 5.74) is 5.42. The lowest BCUT2D eigenvalue weighted by atomic mass is 10.3. The Morgan fingerprint density at radius 1 is 1.88 bits per heavy atom. The van der Waals surface area contributed by atoms with E-state index in [2.05, 4.69) is 4.98 Å². The van der Waals surface area contributed by atoms with Crippen molar-refractivity contribution in [3.63, 3.8) is 0 Å². The van der Waals surface area contributed by atoms with Crippen LogP contribution in [0.25, 0.3) is 0 Å². The van der Waals surface area contributed by atoms with E-state index in [1.165, 1.54) is 6.39 Å². The molecule has 1 heterocycles. The predicted molar refractivity (Wildman–Crippen MR) is 29.1 cm³/mol. The van der Waals surface area contributed by atoms with Gasteiger partial charge in [0.15, 0.2) is 6.39 Å². The molecule has 1 rings (SSSR count). The van der Waals surface area contributed by atoms with E-state index in [0.717, 1.165) is 5.76 Å². The molecule has 0 aliphatic carbocycles. The van der Waals surface area contributed by atoms with Gasteiger partial charge in [-0.15, -0.1) is 0 Å². The zero-order valence-electron chi connectivity index (χ0n) is 4.66. The summed E-state index contributed by atoms with van der Waals surface area (Å²) >= 11 is 0. The van der Waals surface area contributed by atoms with Gasteiger partial charge in [-0.3, -0.25) is 0 Å². The van der Waals surface area contributed by atoms with Gasteiger partial charge < -0.3 is 10.2 Å². The monoisotopic (exact) mass is 112 g/mol. The van der Waals surface area contributed by atoms with Crippen LogP contribution in [0.1, 0.15) is 18.7 Å². The van der Waals surface area contributed by atoms with Gasteiger partial charge in [0.1, 0.15) is 5.76 Å². The van der Waals surface area contributed by atoms with Crippen LogP contribution in [-0.2, 0) is 0 Å². The van der Waals surface area contributed by atoms with E-state index in [1.807, 2.05) is 6.92 Å². The molecule has 0 aliphatic rings. The van der Waals surface area contributed by atoms with Gasteiger partial charge in [0, 0.05) is 0 Å². The van der Waals surface area contributed by atoms with Crippen molar-refractivity contribution in [3.05, 3.63) is 18.4 Å². The van der Waals surface area contributed by atoms with Crippen LogP contribution in [0.4, 0.5) is 0 Å². The molecule has 0 aromatic carbocycles. The summed E-state index contributed by atoms with van der Waals surface area (Å²) < 4.78 is 4.86. The Morgan fingerprint density at radius 3 is 2.88 bits per heavy atom. The standard InChI is InChI=1S/C5H8N2O/c1-4(6)5-2-7-3-8-5/h2-4H,6H2,1H3/t4-/m0/s1. The van der Waals surface area contributed by atoms with Gasteiger partial charge in [-0.25, -0.2) is 4.98 Å². The molecule has 3 nitrogen and oxygen atoms in total. The molecule has 0 spiro atoms. The van der Waals surface area contributed by atoms with Gasteiger partial charge >= 0.3 is 0 Å². The lowest BCUT2D eigenvalue weighted by Crippen LogP contribution is -2.02. The van der Waals surface area contributed by atoms with Crippen LogP contribution in [0.15, 0.2) is 17.0 Å². The first-order valence-electron chi connectivity index (χ1n) is 2.44. The maximum atomic E-state index is 5.42.